The molecule has 0 radical (unpaired) electrons. The molecule has 1 nitrogen and oxygen atoms in total. The Bertz CT molecular complexity index is 102. The minimum absolute atomic E-state index is 0.810. The van der Waals surface area contributed by atoms with Gasteiger partial charge in [0.05, 0.1) is 0 Å². The zero-order valence-corrected chi connectivity index (χ0v) is 8.41. The fourth-order valence-corrected chi connectivity index (χ4v) is 2.12. The van der Waals surface area contributed by atoms with E-state index in [1.54, 1.807) is 0 Å². The molecule has 0 spiro atoms. The lowest BCUT2D eigenvalue weighted by molar-refractivity contribution is 0.503. The van der Waals surface area contributed by atoms with Gasteiger partial charge in [0.2, 0.25) is 0 Å². The van der Waals surface area contributed by atoms with Crippen molar-refractivity contribution in [3.63, 3.8) is 0 Å². The first-order valence-electron chi connectivity index (χ1n) is 4.60. The van der Waals surface area contributed by atoms with Gasteiger partial charge in [-0.25, -0.2) is 0 Å². The minimum atomic E-state index is 0.810. The molecule has 0 heterocycles. The predicted molar refractivity (Wildman–Crippen MR) is 53.2 cm³/mol. The van der Waals surface area contributed by atoms with Crippen molar-refractivity contribution in [1.29, 1.82) is 0 Å². The molecule has 0 aliphatic heterocycles. The van der Waals surface area contributed by atoms with Crippen molar-refractivity contribution in [3.05, 3.63) is 0 Å². The van der Waals surface area contributed by atoms with Gasteiger partial charge in [0, 0.05) is 11.8 Å². The van der Waals surface area contributed by atoms with E-state index in [1.165, 1.54) is 31.6 Å². The molecule has 66 valence electrons. The average Bonchev–Trinajstić information content (AvgIpc) is 2.80. The van der Waals surface area contributed by atoms with Crippen LogP contribution in [0.3, 0.4) is 0 Å². The summed E-state index contributed by atoms with van der Waals surface area (Å²) in [5.41, 5.74) is 0. The Hall–Kier alpha value is 0.310. The van der Waals surface area contributed by atoms with E-state index < -0.39 is 0 Å². The summed E-state index contributed by atoms with van der Waals surface area (Å²) in [5, 5.41) is 3.61. The summed E-state index contributed by atoms with van der Waals surface area (Å²) >= 11 is 1.97. The molecule has 1 aliphatic rings. The van der Waals surface area contributed by atoms with Gasteiger partial charge >= 0.3 is 0 Å². The Morgan fingerprint density at radius 1 is 1.55 bits per heavy atom. The van der Waals surface area contributed by atoms with Gasteiger partial charge in [-0.2, -0.15) is 11.8 Å². The van der Waals surface area contributed by atoms with Gasteiger partial charge in [-0.1, -0.05) is 6.92 Å². The summed E-state index contributed by atoms with van der Waals surface area (Å²) in [6.45, 7) is 3.43. The Labute approximate surface area is 74.3 Å². The van der Waals surface area contributed by atoms with E-state index in [1.807, 2.05) is 11.8 Å². The average molecular weight is 173 g/mol. The highest BCUT2D eigenvalue weighted by Crippen LogP contribution is 2.33. The maximum absolute atomic E-state index is 3.61. The van der Waals surface area contributed by atoms with Crippen LogP contribution in [-0.4, -0.2) is 24.6 Å². The van der Waals surface area contributed by atoms with Crippen LogP contribution in [0.5, 0.6) is 0 Å². The van der Waals surface area contributed by atoms with Crippen molar-refractivity contribution >= 4 is 11.8 Å². The van der Waals surface area contributed by atoms with Crippen molar-refractivity contribution in [2.45, 2.75) is 32.2 Å². The smallest absolute Gasteiger partial charge is 0.0186 e. The molecule has 1 saturated carbocycles. The summed E-state index contributed by atoms with van der Waals surface area (Å²) in [6.07, 6.45) is 6.38. The third-order valence-electron chi connectivity index (χ3n) is 2.19. The maximum atomic E-state index is 3.61. The maximum Gasteiger partial charge on any atom is 0.0186 e. The van der Waals surface area contributed by atoms with E-state index in [0.717, 1.165) is 12.0 Å². The fraction of sp³-hybridized carbons (Fsp3) is 1.00. The lowest BCUT2D eigenvalue weighted by Gasteiger charge is -2.15. The first-order chi connectivity index (χ1) is 5.38. The normalized spacial score (nSPS) is 20.2. The summed E-state index contributed by atoms with van der Waals surface area (Å²) in [4.78, 5) is 0. The lowest BCUT2D eigenvalue weighted by Crippen LogP contribution is -2.33. The highest BCUT2D eigenvalue weighted by molar-refractivity contribution is 7.98. The van der Waals surface area contributed by atoms with Gasteiger partial charge in [0.1, 0.15) is 0 Å². The molecule has 0 aromatic heterocycles. The van der Waals surface area contributed by atoms with E-state index in [0.29, 0.717) is 0 Å². The SMILES string of the molecule is CCCNC(CSC)C1CC1. The van der Waals surface area contributed by atoms with Crippen LogP contribution >= 0.6 is 11.8 Å². The molecule has 2 heteroatoms. The molecule has 1 unspecified atom stereocenters. The fourth-order valence-electron chi connectivity index (χ4n) is 1.37. The van der Waals surface area contributed by atoms with Crippen molar-refractivity contribution in [2.75, 3.05) is 18.6 Å². The molecule has 1 rings (SSSR count). The molecule has 0 aromatic rings. The number of thioether (sulfide) groups is 1. The summed E-state index contributed by atoms with van der Waals surface area (Å²) < 4.78 is 0. The summed E-state index contributed by atoms with van der Waals surface area (Å²) in [5.74, 6) is 2.30. The third kappa shape index (κ3) is 3.48. The quantitative estimate of drug-likeness (QED) is 0.660. The number of hydrogen-bond acceptors (Lipinski definition) is 2. The molecular formula is C9H19NS. The monoisotopic (exact) mass is 173 g/mol. The molecule has 0 bridgehead atoms. The minimum Gasteiger partial charge on any atom is -0.313 e. The second kappa shape index (κ2) is 5.04. The van der Waals surface area contributed by atoms with E-state index in [9.17, 15) is 0 Å². The standard InChI is InChI=1S/C9H19NS/c1-3-6-10-9(7-11-2)8-4-5-8/h8-10H,3-7H2,1-2H3. The molecule has 1 N–H and O–H groups in total. The predicted octanol–water partition coefficient (Wildman–Crippen LogP) is 2.13. The van der Waals surface area contributed by atoms with E-state index in [-0.39, 0.29) is 0 Å². The first kappa shape index (κ1) is 9.40. The van der Waals surface area contributed by atoms with Gasteiger partial charge in [0.25, 0.3) is 0 Å². The van der Waals surface area contributed by atoms with Crippen LogP contribution in [-0.2, 0) is 0 Å². The Morgan fingerprint density at radius 3 is 2.73 bits per heavy atom. The van der Waals surface area contributed by atoms with Gasteiger partial charge < -0.3 is 5.32 Å². The molecule has 0 amide bonds. The zero-order valence-electron chi connectivity index (χ0n) is 7.60. The van der Waals surface area contributed by atoms with Crippen LogP contribution in [0.2, 0.25) is 0 Å². The van der Waals surface area contributed by atoms with Crippen molar-refractivity contribution in [3.8, 4) is 0 Å². The zero-order chi connectivity index (χ0) is 8.10. The molecule has 0 saturated heterocycles. The lowest BCUT2D eigenvalue weighted by atomic mass is 10.2. The second-order valence-corrected chi connectivity index (χ2v) is 4.26. The summed E-state index contributed by atoms with van der Waals surface area (Å²) in [7, 11) is 0. The third-order valence-corrected chi connectivity index (χ3v) is 2.89. The van der Waals surface area contributed by atoms with Crippen LogP contribution in [0.1, 0.15) is 26.2 Å². The largest absolute Gasteiger partial charge is 0.313 e. The van der Waals surface area contributed by atoms with Crippen molar-refractivity contribution < 1.29 is 0 Å². The van der Waals surface area contributed by atoms with Crippen molar-refractivity contribution in [1.82, 2.24) is 5.32 Å². The number of rotatable bonds is 6. The highest BCUT2D eigenvalue weighted by Gasteiger charge is 2.29. The Morgan fingerprint density at radius 2 is 2.27 bits per heavy atom. The Balaban J connectivity index is 2.10. The molecule has 1 atom stereocenters. The van der Waals surface area contributed by atoms with E-state index >= 15 is 0 Å². The van der Waals surface area contributed by atoms with Crippen LogP contribution < -0.4 is 5.32 Å². The summed E-state index contributed by atoms with van der Waals surface area (Å²) in [6, 6.07) is 0.810. The number of hydrogen-bond donors (Lipinski definition) is 1. The van der Waals surface area contributed by atoms with Gasteiger partial charge in [-0.15, -0.1) is 0 Å². The van der Waals surface area contributed by atoms with Crippen LogP contribution in [0.15, 0.2) is 0 Å². The Kier molecular flexibility index (Phi) is 4.31. The molecule has 1 fully saturated rings. The van der Waals surface area contributed by atoms with Crippen LogP contribution in [0, 0.1) is 5.92 Å². The van der Waals surface area contributed by atoms with E-state index in [2.05, 4.69) is 18.5 Å². The van der Waals surface area contributed by atoms with E-state index in [4.69, 9.17) is 0 Å². The number of nitrogens with one attached hydrogen (secondary N) is 1. The first-order valence-corrected chi connectivity index (χ1v) is 6.00. The second-order valence-electron chi connectivity index (χ2n) is 3.35. The molecule has 1 aliphatic carbocycles. The molecular weight excluding hydrogens is 154 g/mol. The molecule has 0 aromatic carbocycles. The van der Waals surface area contributed by atoms with Gasteiger partial charge in [0.15, 0.2) is 0 Å². The van der Waals surface area contributed by atoms with Gasteiger partial charge in [-0.05, 0) is 38.0 Å². The molecule has 11 heavy (non-hydrogen) atoms. The van der Waals surface area contributed by atoms with Crippen molar-refractivity contribution in [2.24, 2.45) is 5.92 Å². The highest BCUT2D eigenvalue weighted by atomic mass is 32.2. The van der Waals surface area contributed by atoms with Gasteiger partial charge in [-0.3, -0.25) is 0 Å². The topological polar surface area (TPSA) is 12.0 Å². The van der Waals surface area contributed by atoms with Crippen LogP contribution in [0.4, 0.5) is 0 Å². The van der Waals surface area contributed by atoms with Crippen LogP contribution in [0.25, 0.3) is 0 Å².